The number of nitrogens with zero attached hydrogens (tertiary/aromatic N) is 2. The van der Waals surface area contributed by atoms with E-state index in [9.17, 15) is 18.5 Å². The van der Waals surface area contributed by atoms with E-state index in [1.807, 2.05) is 17.5 Å². The predicted molar refractivity (Wildman–Crippen MR) is 88.6 cm³/mol. The van der Waals surface area contributed by atoms with Crippen molar-refractivity contribution in [2.75, 3.05) is 0 Å². The Morgan fingerprint density at radius 3 is 2.43 bits per heavy atom. The topological polar surface area (TPSA) is 80.5 Å². The molecule has 0 saturated heterocycles. The van der Waals surface area contributed by atoms with E-state index in [-0.39, 0.29) is 17.5 Å². The lowest BCUT2D eigenvalue weighted by Gasteiger charge is -2.21. The molecule has 0 bridgehead atoms. The first-order valence-electron chi connectivity index (χ1n) is 7.21. The molecule has 0 atom stereocenters. The van der Waals surface area contributed by atoms with Crippen LogP contribution in [0.4, 0.5) is 5.69 Å². The van der Waals surface area contributed by atoms with Gasteiger partial charge < -0.3 is 0 Å². The monoisotopic (exact) mass is 352 g/mol. The minimum Gasteiger partial charge on any atom is -0.258 e. The molecule has 8 heteroatoms. The number of nitro benzene ring substituents is 1. The van der Waals surface area contributed by atoms with Crippen LogP contribution in [0.1, 0.15) is 23.3 Å². The lowest BCUT2D eigenvalue weighted by molar-refractivity contribution is -0.384. The highest BCUT2D eigenvalue weighted by molar-refractivity contribution is 7.88. The lowest BCUT2D eigenvalue weighted by atomic mass is 10.2. The Labute approximate surface area is 138 Å². The highest BCUT2D eigenvalue weighted by Crippen LogP contribution is 2.32. The number of benzene rings is 1. The number of hydrogen-bond donors (Lipinski definition) is 0. The van der Waals surface area contributed by atoms with Crippen molar-refractivity contribution in [2.45, 2.75) is 31.2 Å². The maximum Gasteiger partial charge on any atom is 0.269 e. The fraction of sp³-hybridized carbons (Fsp3) is 0.333. The highest BCUT2D eigenvalue weighted by atomic mass is 32.2. The average Bonchev–Trinajstić information content (AvgIpc) is 3.20. The third-order valence-corrected chi connectivity index (χ3v) is 6.40. The van der Waals surface area contributed by atoms with Crippen molar-refractivity contribution >= 4 is 27.0 Å². The lowest BCUT2D eigenvalue weighted by Crippen LogP contribution is -2.33. The van der Waals surface area contributed by atoms with Gasteiger partial charge in [0.05, 0.1) is 10.7 Å². The first-order valence-corrected chi connectivity index (χ1v) is 9.70. The molecule has 6 nitrogen and oxygen atoms in total. The van der Waals surface area contributed by atoms with Crippen LogP contribution in [0.2, 0.25) is 0 Å². The Morgan fingerprint density at radius 1 is 1.22 bits per heavy atom. The summed E-state index contributed by atoms with van der Waals surface area (Å²) in [4.78, 5) is 11.2. The minimum absolute atomic E-state index is 0.0382. The van der Waals surface area contributed by atoms with Gasteiger partial charge in [0.25, 0.3) is 5.69 Å². The van der Waals surface area contributed by atoms with E-state index >= 15 is 0 Å². The quantitative estimate of drug-likeness (QED) is 0.566. The maximum atomic E-state index is 12.7. The molecule has 0 spiro atoms. The number of rotatable bonds is 7. The Balaban J connectivity index is 1.77. The maximum absolute atomic E-state index is 12.7. The first kappa shape index (κ1) is 16.1. The average molecular weight is 352 g/mol. The second kappa shape index (κ2) is 6.38. The summed E-state index contributed by atoms with van der Waals surface area (Å²) in [6.07, 6.45) is 1.79. The molecule has 3 rings (SSSR count). The van der Waals surface area contributed by atoms with Gasteiger partial charge in [0.1, 0.15) is 0 Å². The van der Waals surface area contributed by atoms with Crippen molar-refractivity contribution in [1.82, 2.24) is 4.31 Å². The van der Waals surface area contributed by atoms with Crippen molar-refractivity contribution < 1.29 is 13.3 Å². The van der Waals surface area contributed by atoms with Gasteiger partial charge in [-0.05, 0) is 29.9 Å². The Bertz CT molecular complexity index is 781. The van der Waals surface area contributed by atoms with Gasteiger partial charge in [0, 0.05) is 29.6 Å². The molecule has 0 aliphatic heterocycles. The Kier molecular flexibility index (Phi) is 4.47. The molecule has 0 radical (unpaired) electrons. The van der Waals surface area contributed by atoms with Crippen LogP contribution < -0.4 is 0 Å². The van der Waals surface area contributed by atoms with E-state index < -0.39 is 14.9 Å². The van der Waals surface area contributed by atoms with E-state index in [0.717, 1.165) is 17.7 Å². The molecule has 0 unspecified atom stereocenters. The van der Waals surface area contributed by atoms with Crippen LogP contribution in [0.3, 0.4) is 0 Å². The van der Waals surface area contributed by atoms with Crippen molar-refractivity contribution in [3.8, 4) is 0 Å². The summed E-state index contributed by atoms with van der Waals surface area (Å²) < 4.78 is 27.0. The fourth-order valence-electron chi connectivity index (χ4n) is 2.38. The third kappa shape index (κ3) is 3.95. The third-order valence-electron chi connectivity index (χ3n) is 3.70. The zero-order valence-corrected chi connectivity index (χ0v) is 13.9. The Hall–Kier alpha value is -1.77. The van der Waals surface area contributed by atoms with E-state index in [4.69, 9.17) is 0 Å². The summed E-state index contributed by atoms with van der Waals surface area (Å²) in [6, 6.07) is 9.62. The molecule has 1 aromatic carbocycles. The number of sulfonamides is 1. The molecule has 2 aromatic rings. The van der Waals surface area contributed by atoms with Crippen molar-refractivity contribution in [1.29, 1.82) is 0 Å². The normalized spacial score (nSPS) is 15.0. The molecule has 0 amide bonds. The van der Waals surface area contributed by atoms with Crippen molar-refractivity contribution in [3.63, 3.8) is 0 Å². The summed E-state index contributed by atoms with van der Waals surface area (Å²) in [6.45, 7) is 0.400. The molecule has 1 aromatic heterocycles. The number of nitro groups is 1. The van der Waals surface area contributed by atoms with Gasteiger partial charge in [-0.3, -0.25) is 10.1 Å². The summed E-state index contributed by atoms with van der Waals surface area (Å²) >= 11 is 1.54. The van der Waals surface area contributed by atoms with E-state index in [2.05, 4.69) is 0 Å². The smallest absolute Gasteiger partial charge is 0.258 e. The molecule has 1 aliphatic carbocycles. The second-order valence-electron chi connectivity index (χ2n) is 5.54. The summed E-state index contributed by atoms with van der Waals surface area (Å²) in [5.74, 6) is -0.132. The molecule has 1 fully saturated rings. The van der Waals surface area contributed by atoms with Crippen LogP contribution in [0, 0.1) is 10.1 Å². The minimum atomic E-state index is -3.45. The van der Waals surface area contributed by atoms with Crippen LogP contribution in [0.15, 0.2) is 41.8 Å². The van der Waals surface area contributed by atoms with Gasteiger partial charge in [0.2, 0.25) is 10.0 Å². The van der Waals surface area contributed by atoms with Crippen LogP contribution in [0.5, 0.6) is 0 Å². The van der Waals surface area contributed by atoms with E-state index in [1.54, 1.807) is 15.6 Å². The van der Waals surface area contributed by atoms with Gasteiger partial charge in [-0.1, -0.05) is 18.2 Å². The van der Waals surface area contributed by atoms with Gasteiger partial charge in [0.15, 0.2) is 0 Å². The predicted octanol–water partition coefficient (Wildman–Crippen LogP) is 3.15. The zero-order chi connectivity index (χ0) is 16.4. The van der Waals surface area contributed by atoms with Gasteiger partial charge >= 0.3 is 0 Å². The van der Waals surface area contributed by atoms with E-state index in [0.29, 0.717) is 12.1 Å². The second-order valence-corrected chi connectivity index (χ2v) is 8.49. The first-order chi connectivity index (χ1) is 11.0. The molecule has 23 heavy (non-hydrogen) atoms. The van der Waals surface area contributed by atoms with Gasteiger partial charge in [-0.2, -0.15) is 4.31 Å². The summed E-state index contributed by atoms with van der Waals surface area (Å²) in [5.41, 5.74) is 0.524. The SMILES string of the molecule is O=[N+]([O-])c1ccc(CS(=O)(=O)N(Cc2cccs2)C2CC2)cc1. The van der Waals surface area contributed by atoms with Crippen molar-refractivity contribution in [2.24, 2.45) is 0 Å². The van der Waals surface area contributed by atoms with Crippen LogP contribution in [0.25, 0.3) is 0 Å². The molecule has 1 heterocycles. The molecule has 0 N–H and O–H groups in total. The zero-order valence-electron chi connectivity index (χ0n) is 12.3. The summed E-state index contributed by atoms with van der Waals surface area (Å²) in [7, 11) is -3.45. The standard InChI is InChI=1S/C15H16N2O4S2/c18-17(19)14-5-3-12(4-6-14)11-23(20,21)16(13-7-8-13)10-15-2-1-9-22-15/h1-6,9,13H,7-8,10-11H2. The van der Waals surface area contributed by atoms with Crippen LogP contribution >= 0.6 is 11.3 Å². The number of hydrogen-bond acceptors (Lipinski definition) is 5. The molecule has 1 aliphatic rings. The Morgan fingerprint density at radius 2 is 1.91 bits per heavy atom. The fourth-order valence-corrected chi connectivity index (χ4v) is 4.95. The van der Waals surface area contributed by atoms with E-state index in [1.165, 1.54) is 24.3 Å². The summed E-state index contributed by atoms with van der Waals surface area (Å²) in [5, 5.41) is 12.6. The highest BCUT2D eigenvalue weighted by Gasteiger charge is 2.37. The largest absolute Gasteiger partial charge is 0.269 e. The van der Waals surface area contributed by atoms with Crippen LogP contribution in [-0.4, -0.2) is 23.7 Å². The van der Waals surface area contributed by atoms with Crippen molar-refractivity contribution in [3.05, 3.63) is 62.3 Å². The van der Waals surface area contributed by atoms with Crippen LogP contribution in [-0.2, 0) is 22.3 Å². The van der Waals surface area contributed by atoms with Gasteiger partial charge in [-0.15, -0.1) is 11.3 Å². The van der Waals surface area contributed by atoms with Gasteiger partial charge in [-0.25, -0.2) is 8.42 Å². The molecule has 1 saturated carbocycles. The molecular formula is C15H16N2O4S2. The number of non-ortho nitro benzene ring substituents is 1. The molecular weight excluding hydrogens is 336 g/mol. The molecule has 122 valence electrons. The number of thiophene rings is 1.